The van der Waals surface area contributed by atoms with E-state index in [1.807, 2.05) is 0 Å². The Morgan fingerprint density at radius 1 is 1.17 bits per heavy atom. The lowest BCUT2D eigenvalue weighted by Gasteiger charge is -2.23. The Balaban J connectivity index is 2.68. The molecule has 0 saturated heterocycles. The van der Waals surface area contributed by atoms with Crippen molar-refractivity contribution in [3.05, 3.63) is 63.1 Å². The molecule has 7 nitrogen and oxygen atoms in total. The van der Waals surface area contributed by atoms with E-state index in [-0.39, 0.29) is 5.69 Å². The SMILES string of the molecule is O=C(Cl)CN(c1ccccc1Br)S(=O)(=O)c1ccccc1[N+](=O)[O-]. The molecule has 2 aromatic carbocycles. The molecule has 2 rings (SSSR count). The number of nitrogens with zero attached hydrogens (tertiary/aromatic N) is 2. The summed E-state index contributed by atoms with van der Waals surface area (Å²) in [6.45, 7) is -0.668. The van der Waals surface area contributed by atoms with E-state index in [0.717, 1.165) is 16.4 Å². The van der Waals surface area contributed by atoms with Crippen LogP contribution in [0.1, 0.15) is 0 Å². The first-order valence-electron chi connectivity index (χ1n) is 6.44. The van der Waals surface area contributed by atoms with Crippen LogP contribution in [0, 0.1) is 10.1 Å². The summed E-state index contributed by atoms with van der Waals surface area (Å²) in [7, 11) is -4.39. The molecule has 0 aliphatic rings. The number of carbonyl (C=O) groups excluding carboxylic acids is 1. The van der Waals surface area contributed by atoms with Crippen LogP contribution in [-0.4, -0.2) is 25.1 Å². The fourth-order valence-corrected chi connectivity index (χ4v) is 4.42. The molecular formula is C14H10BrClN2O5S. The minimum atomic E-state index is -4.39. The fourth-order valence-electron chi connectivity index (χ4n) is 2.01. The fraction of sp³-hybridized carbons (Fsp3) is 0.0714. The summed E-state index contributed by atoms with van der Waals surface area (Å²) in [5.41, 5.74) is -0.443. The Kier molecular flexibility index (Phi) is 5.58. The van der Waals surface area contributed by atoms with Crippen LogP contribution in [-0.2, 0) is 14.8 Å². The van der Waals surface area contributed by atoms with Crippen molar-refractivity contribution in [3.8, 4) is 0 Å². The van der Waals surface area contributed by atoms with Crippen molar-refractivity contribution < 1.29 is 18.1 Å². The van der Waals surface area contributed by atoms with Crippen LogP contribution >= 0.6 is 27.5 Å². The van der Waals surface area contributed by atoms with E-state index in [1.165, 1.54) is 18.2 Å². The zero-order valence-corrected chi connectivity index (χ0v) is 15.1. The number of carbonyl (C=O) groups is 1. The summed E-state index contributed by atoms with van der Waals surface area (Å²) in [6, 6.07) is 11.2. The van der Waals surface area contributed by atoms with E-state index >= 15 is 0 Å². The highest BCUT2D eigenvalue weighted by atomic mass is 79.9. The molecule has 2 aromatic rings. The highest BCUT2D eigenvalue weighted by molar-refractivity contribution is 9.10. The number of hydrogen-bond acceptors (Lipinski definition) is 5. The van der Waals surface area contributed by atoms with Crippen LogP contribution in [0.4, 0.5) is 11.4 Å². The van der Waals surface area contributed by atoms with Crippen LogP contribution < -0.4 is 4.31 Å². The number of anilines is 1. The average Bonchev–Trinajstić information content (AvgIpc) is 2.53. The molecule has 0 fully saturated rings. The van der Waals surface area contributed by atoms with E-state index in [2.05, 4.69) is 15.9 Å². The van der Waals surface area contributed by atoms with E-state index < -0.39 is 37.3 Å². The maximum atomic E-state index is 12.9. The molecule has 0 radical (unpaired) electrons. The summed E-state index contributed by atoms with van der Waals surface area (Å²) in [4.78, 5) is 21.2. The van der Waals surface area contributed by atoms with Crippen molar-refractivity contribution >= 4 is 54.2 Å². The van der Waals surface area contributed by atoms with Gasteiger partial charge < -0.3 is 0 Å². The first-order chi connectivity index (χ1) is 11.2. The third-order valence-electron chi connectivity index (χ3n) is 3.02. The average molecular weight is 434 g/mol. The Bertz CT molecular complexity index is 904. The van der Waals surface area contributed by atoms with Gasteiger partial charge in [-0.15, -0.1) is 0 Å². The molecule has 24 heavy (non-hydrogen) atoms. The van der Waals surface area contributed by atoms with Gasteiger partial charge in [0.1, 0.15) is 6.54 Å². The van der Waals surface area contributed by atoms with Crippen LogP contribution in [0.5, 0.6) is 0 Å². The number of hydrogen-bond donors (Lipinski definition) is 0. The summed E-state index contributed by atoms with van der Waals surface area (Å²) in [5.74, 6) is 0. The Morgan fingerprint density at radius 2 is 1.75 bits per heavy atom. The van der Waals surface area contributed by atoms with E-state index in [1.54, 1.807) is 18.2 Å². The predicted octanol–water partition coefficient (Wildman–Crippen LogP) is 3.32. The number of sulfonamides is 1. The second-order valence-electron chi connectivity index (χ2n) is 4.54. The Hall–Kier alpha value is -1.97. The first kappa shape index (κ1) is 18.4. The zero-order chi connectivity index (χ0) is 17.9. The maximum Gasteiger partial charge on any atom is 0.289 e. The molecule has 0 aliphatic heterocycles. The van der Waals surface area contributed by atoms with Crippen LogP contribution in [0.3, 0.4) is 0 Å². The third-order valence-corrected chi connectivity index (χ3v) is 5.62. The summed E-state index contributed by atoms with van der Waals surface area (Å²) < 4.78 is 27.0. The highest BCUT2D eigenvalue weighted by Crippen LogP contribution is 2.33. The second-order valence-corrected chi connectivity index (χ2v) is 7.65. The summed E-state index contributed by atoms with van der Waals surface area (Å²) in [5, 5.41) is 10.2. The van der Waals surface area contributed by atoms with Gasteiger partial charge in [0.2, 0.25) is 5.24 Å². The van der Waals surface area contributed by atoms with Gasteiger partial charge in [-0.3, -0.25) is 19.2 Å². The smallest absolute Gasteiger partial charge is 0.279 e. The molecule has 0 amide bonds. The molecule has 0 aromatic heterocycles. The van der Waals surface area contributed by atoms with Gasteiger partial charge in [0.05, 0.1) is 10.6 Å². The number of rotatable bonds is 6. The molecule has 0 unspecified atom stereocenters. The van der Waals surface area contributed by atoms with Crippen LogP contribution in [0.2, 0.25) is 0 Å². The number of halogens is 2. The topological polar surface area (TPSA) is 97.6 Å². The van der Waals surface area contributed by atoms with Crippen LogP contribution in [0.25, 0.3) is 0 Å². The lowest BCUT2D eigenvalue weighted by atomic mass is 10.3. The molecule has 0 spiro atoms. The van der Waals surface area contributed by atoms with Gasteiger partial charge in [-0.25, -0.2) is 8.42 Å². The number of nitro groups is 1. The summed E-state index contributed by atoms with van der Waals surface area (Å²) >= 11 is 8.58. The number of nitro benzene ring substituents is 1. The monoisotopic (exact) mass is 432 g/mol. The molecule has 0 N–H and O–H groups in total. The van der Waals surface area contributed by atoms with Crippen molar-refractivity contribution in [2.45, 2.75) is 4.90 Å². The van der Waals surface area contributed by atoms with Crippen LogP contribution in [0.15, 0.2) is 57.9 Å². The van der Waals surface area contributed by atoms with Gasteiger partial charge in [-0.1, -0.05) is 24.3 Å². The molecule has 0 atom stereocenters. The van der Waals surface area contributed by atoms with Gasteiger partial charge in [0, 0.05) is 10.5 Å². The van der Waals surface area contributed by atoms with E-state index in [0.29, 0.717) is 4.47 Å². The molecule has 126 valence electrons. The number of para-hydroxylation sites is 2. The van der Waals surface area contributed by atoms with E-state index in [4.69, 9.17) is 11.6 Å². The largest absolute Gasteiger partial charge is 0.289 e. The van der Waals surface area contributed by atoms with Gasteiger partial charge in [0.15, 0.2) is 4.90 Å². The molecule has 0 heterocycles. The minimum Gasteiger partial charge on any atom is -0.279 e. The predicted molar refractivity (Wildman–Crippen MR) is 92.6 cm³/mol. The number of benzene rings is 2. The Morgan fingerprint density at radius 3 is 2.33 bits per heavy atom. The molecule has 0 saturated carbocycles. The lowest BCUT2D eigenvalue weighted by molar-refractivity contribution is -0.387. The highest BCUT2D eigenvalue weighted by Gasteiger charge is 2.33. The molecular weight excluding hydrogens is 424 g/mol. The third kappa shape index (κ3) is 3.74. The standard InChI is InChI=1S/C14H10BrClN2O5S/c15-10-5-1-2-6-11(10)17(9-14(16)19)24(22,23)13-8-4-3-7-12(13)18(20)21/h1-8H,9H2. The molecule has 0 bridgehead atoms. The minimum absolute atomic E-state index is 0.143. The Labute approximate surface area is 151 Å². The first-order valence-corrected chi connectivity index (χ1v) is 9.05. The van der Waals surface area contributed by atoms with Crippen molar-refractivity contribution in [1.29, 1.82) is 0 Å². The maximum absolute atomic E-state index is 12.9. The van der Waals surface area contributed by atoms with Crippen molar-refractivity contribution in [2.24, 2.45) is 0 Å². The second kappa shape index (κ2) is 7.29. The normalized spacial score (nSPS) is 11.1. The van der Waals surface area contributed by atoms with Crippen molar-refractivity contribution in [1.82, 2.24) is 0 Å². The summed E-state index contributed by atoms with van der Waals surface area (Å²) in [6.07, 6.45) is 0. The van der Waals surface area contributed by atoms with Gasteiger partial charge in [0.25, 0.3) is 15.7 Å². The van der Waals surface area contributed by atoms with Gasteiger partial charge >= 0.3 is 0 Å². The van der Waals surface area contributed by atoms with E-state index in [9.17, 15) is 23.3 Å². The molecule has 10 heteroatoms. The zero-order valence-electron chi connectivity index (χ0n) is 11.9. The molecule has 0 aliphatic carbocycles. The lowest BCUT2D eigenvalue weighted by Crippen LogP contribution is -2.35. The van der Waals surface area contributed by atoms with Crippen molar-refractivity contribution in [2.75, 3.05) is 10.8 Å². The van der Waals surface area contributed by atoms with Crippen molar-refractivity contribution in [3.63, 3.8) is 0 Å². The quantitative estimate of drug-likeness (QED) is 0.395. The van der Waals surface area contributed by atoms with Gasteiger partial charge in [-0.2, -0.15) is 0 Å². The van der Waals surface area contributed by atoms with Gasteiger partial charge in [-0.05, 0) is 45.7 Å².